The molecule has 120 valence electrons. The fourth-order valence-corrected chi connectivity index (χ4v) is 2.85. The van der Waals surface area contributed by atoms with E-state index < -0.39 is 5.54 Å². The molecule has 0 amide bonds. The summed E-state index contributed by atoms with van der Waals surface area (Å²) in [5.74, 6) is 0.558. The van der Waals surface area contributed by atoms with Gasteiger partial charge in [-0.15, -0.1) is 5.10 Å². The number of ether oxygens (including phenoxy) is 1. The topological polar surface area (TPSA) is 89.0 Å². The van der Waals surface area contributed by atoms with Crippen molar-refractivity contribution in [1.82, 2.24) is 20.1 Å². The Morgan fingerprint density at radius 2 is 2.24 bits per heavy atom. The van der Waals surface area contributed by atoms with E-state index in [0.717, 1.165) is 12.2 Å². The maximum atomic E-state index is 12.0. The zero-order chi connectivity index (χ0) is 15.9. The van der Waals surface area contributed by atoms with E-state index in [2.05, 4.69) is 15.5 Å². The molecule has 1 unspecified atom stereocenters. The number of hydrogen-bond acceptors (Lipinski definition) is 6. The van der Waals surface area contributed by atoms with Crippen molar-refractivity contribution in [2.45, 2.75) is 44.3 Å². The first-order chi connectivity index (χ1) is 9.94. The van der Waals surface area contributed by atoms with E-state index in [4.69, 9.17) is 4.74 Å². The van der Waals surface area contributed by atoms with Crippen LogP contribution in [0.4, 0.5) is 0 Å². The van der Waals surface area contributed by atoms with Crippen LogP contribution in [0.1, 0.15) is 33.6 Å². The van der Waals surface area contributed by atoms with E-state index in [1.807, 2.05) is 13.8 Å². The van der Waals surface area contributed by atoms with Gasteiger partial charge in [0.1, 0.15) is 5.54 Å². The van der Waals surface area contributed by atoms with Gasteiger partial charge in [-0.1, -0.05) is 18.7 Å². The van der Waals surface area contributed by atoms with E-state index in [1.54, 1.807) is 14.0 Å². The molecule has 0 aliphatic heterocycles. The highest BCUT2D eigenvalue weighted by Crippen LogP contribution is 2.19. The van der Waals surface area contributed by atoms with Crippen molar-refractivity contribution in [1.29, 1.82) is 0 Å². The van der Waals surface area contributed by atoms with Crippen molar-refractivity contribution in [2.24, 2.45) is 7.05 Å². The molecule has 2 N–H and O–H groups in total. The monoisotopic (exact) mass is 316 g/mol. The maximum absolute atomic E-state index is 12.0. The Morgan fingerprint density at radius 3 is 2.76 bits per heavy atom. The number of carbonyl (C=O) groups is 1. The van der Waals surface area contributed by atoms with Crippen LogP contribution in [0.25, 0.3) is 0 Å². The molecule has 0 aliphatic carbocycles. The molecule has 0 saturated carbocycles. The summed E-state index contributed by atoms with van der Waals surface area (Å²) < 4.78 is 6.60. The molecule has 1 heterocycles. The first-order valence-corrected chi connectivity index (χ1v) is 8.09. The number of nitrogens with one attached hydrogen (secondary N) is 2. The Balaban J connectivity index is 2.48. The fraction of sp³-hybridized carbons (Fsp3) is 0.769. The molecule has 0 radical (unpaired) electrons. The van der Waals surface area contributed by atoms with Gasteiger partial charge in [0.2, 0.25) is 0 Å². The highest BCUT2D eigenvalue weighted by Gasteiger charge is 2.33. The molecule has 0 aliphatic rings. The minimum Gasteiger partial charge on any atom is -0.465 e. The van der Waals surface area contributed by atoms with E-state index >= 15 is 0 Å². The van der Waals surface area contributed by atoms with Crippen molar-refractivity contribution in [3.05, 3.63) is 10.5 Å². The Labute approximate surface area is 128 Å². The molecular weight excluding hydrogens is 292 g/mol. The summed E-state index contributed by atoms with van der Waals surface area (Å²) in [5, 5.41) is 10.2. The number of rotatable bonds is 9. The van der Waals surface area contributed by atoms with Gasteiger partial charge in [-0.25, -0.2) is 9.89 Å². The lowest BCUT2D eigenvalue weighted by atomic mass is 9.96. The average molecular weight is 316 g/mol. The van der Waals surface area contributed by atoms with E-state index in [9.17, 15) is 9.59 Å². The first-order valence-electron chi connectivity index (χ1n) is 7.11. The van der Waals surface area contributed by atoms with Crippen LogP contribution in [0.2, 0.25) is 0 Å². The van der Waals surface area contributed by atoms with Gasteiger partial charge in [0.15, 0.2) is 5.16 Å². The Hall–Kier alpha value is -1.28. The van der Waals surface area contributed by atoms with Gasteiger partial charge >= 0.3 is 11.7 Å². The van der Waals surface area contributed by atoms with Gasteiger partial charge in [0, 0.05) is 12.8 Å². The van der Waals surface area contributed by atoms with Crippen LogP contribution in [0.15, 0.2) is 9.95 Å². The van der Waals surface area contributed by atoms with E-state index in [-0.39, 0.29) is 11.7 Å². The molecular formula is C13H24N4O3S. The van der Waals surface area contributed by atoms with E-state index in [0.29, 0.717) is 24.7 Å². The van der Waals surface area contributed by atoms with Gasteiger partial charge < -0.3 is 10.1 Å². The molecule has 1 atom stereocenters. The van der Waals surface area contributed by atoms with Crippen LogP contribution < -0.4 is 11.0 Å². The Kier molecular flexibility index (Phi) is 6.97. The highest BCUT2D eigenvalue weighted by molar-refractivity contribution is 7.99. The molecule has 1 aromatic rings. The Morgan fingerprint density at radius 1 is 1.52 bits per heavy atom. The largest absolute Gasteiger partial charge is 0.465 e. The number of thioether (sulfide) groups is 1. The van der Waals surface area contributed by atoms with Crippen LogP contribution in [-0.2, 0) is 16.6 Å². The van der Waals surface area contributed by atoms with Crippen molar-refractivity contribution < 1.29 is 9.53 Å². The zero-order valence-electron chi connectivity index (χ0n) is 13.1. The molecule has 21 heavy (non-hydrogen) atoms. The molecule has 0 fully saturated rings. The van der Waals surface area contributed by atoms with Crippen molar-refractivity contribution in [3.63, 3.8) is 0 Å². The molecule has 0 bridgehead atoms. The summed E-state index contributed by atoms with van der Waals surface area (Å²) in [6, 6.07) is 0. The zero-order valence-corrected chi connectivity index (χ0v) is 13.9. The SMILES string of the molecule is CCNC(C)(CCCSc1n[nH]c(=O)n1C)C(=O)OCC. The maximum Gasteiger partial charge on any atom is 0.343 e. The molecule has 0 aromatic carbocycles. The molecule has 0 saturated heterocycles. The van der Waals surface area contributed by atoms with Crippen LogP contribution in [0.5, 0.6) is 0 Å². The van der Waals surface area contributed by atoms with Crippen LogP contribution in [0.3, 0.4) is 0 Å². The summed E-state index contributed by atoms with van der Waals surface area (Å²) in [5.41, 5.74) is -0.885. The highest BCUT2D eigenvalue weighted by atomic mass is 32.2. The summed E-state index contributed by atoms with van der Waals surface area (Å²) in [4.78, 5) is 23.3. The summed E-state index contributed by atoms with van der Waals surface area (Å²) in [6.45, 7) is 6.72. The van der Waals surface area contributed by atoms with Gasteiger partial charge in [0.05, 0.1) is 6.61 Å². The normalized spacial score (nSPS) is 13.9. The molecule has 8 heteroatoms. The standard InChI is InChI=1S/C13H24N4O3S/c1-5-14-13(3,10(18)20-6-2)8-7-9-21-12-16-15-11(19)17(12)4/h14H,5-9H2,1-4H3,(H,15,19). The van der Waals surface area contributed by atoms with Crippen molar-refractivity contribution in [2.75, 3.05) is 18.9 Å². The number of carbonyl (C=O) groups excluding carboxylic acids is 1. The predicted octanol–water partition coefficient (Wildman–Crippen LogP) is 0.912. The van der Waals surface area contributed by atoms with Crippen molar-refractivity contribution in [3.8, 4) is 0 Å². The summed E-state index contributed by atoms with van der Waals surface area (Å²) in [6.07, 6.45) is 1.49. The third-order valence-electron chi connectivity index (χ3n) is 3.18. The lowest BCUT2D eigenvalue weighted by molar-refractivity contribution is -0.150. The Bertz CT molecular complexity index is 514. The van der Waals surface area contributed by atoms with Gasteiger partial charge in [-0.05, 0) is 33.2 Å². The number of esters is 1. The minimum atomic E-state index is -0.664. The van der Waals surface area contributed by atoms with Crippen LogP contribution >= 0.6 is 11.8 Å². The lowest BCUT2D eigenvalue weighted by Gasteiger charge is -2.28. The second-order valence-corrected chi connectivity index (χ2v) is 5.97. The third kappa shape index (κ3) is 4.89. The number of aromatic nitrogens is 3. The summed E-state index contributed by atoms with van der Waals surface area (Å²) in [7, 11) is 1.68. The third-order valence-corrected chi connectivity index (χ3v) is 4.30. The van der Waals surface area contributed by atoms with Gasteiger partial charge in [-0.3, -0.25) is 9.36 Å². The molecule has 0 spiro atoms. The number of nitrogens with zero attached hydrogens (tertiary/aromatic N) is 2. The van der Waals surface area contributed by atoms with Crippen LogP contribution in [-0.4, -0.2) is 45.2 Å². The number of aromatic amines is 1. The predicted molar refractivity (Wildman–Crippen MR) is 82.5 cm³/mol. The average Bonchev–Trinajstić information content (AvgIpc) is 2.76. The van der Waals surface area contributed by atoms with Gasteiger partial charge in [0.25, 0.3) is 0 Å². The number of likely N-dealkylation sites (N-methyl/N-ethyl adjacent to an activating group) is 1. The minimum absolute atomic E-state index is 0.219. The number of hydrogen-bond donors (Lipinski definition) is 2. The summed E-state index contributed by atoms with van der Waals surface area (Å²) >= 11 is 1.49. The lowest BCUT2D eigenvalue weighted by Crippen LogP contribution is -2.50. The quantitative estimate of drug-likeness (QED) is 0.400. The second kappa shape index (κ2) is 8.23. The first kappa shape index (κ1) is 17.8. The number of H-pyrrole nitrogens is 1. The van der Waals surface area contributed by atoms with Gasteiger partial charge in [-0.2, -0.15) is 0 Å². The molecule has 1 rings (SSSR count). The fourth-order valence-electron chi connectivity index (χ4n) is 1.99. The van der Waals surface area contributed by atoms with E-state index in [1.165, 1.54) is 16.3 Å². The second-order valence-electron chi connectivity index (χ2n) is 4.91. The van der Waals surface area contributed by atoms with Crippen LogP contribution in [0, 0.1) is 0 Å². The smallest absolute Gasteiger partial charge is 0.343 e. The molecule has 7 nitrogen and oxygen atoms in total. The van der Waals surface area contributed by atoms with Crippen molar-refractivity contribution >= 4 is 17.7 Å². The molecule has 1 aromatic heterocycles.